The third-order valence-corrected chi connectivity index (χ3v) is 3.01. The average Bonchev–Trinajstić information content (AvgIpc) is 2.53. The lowest BCUT2D eigenvalue weighted by atomic mass is 10.2. The van der Waals surface area contributed by atoms with Crippen LogP contribution in [0.3, 0.4) is 0 Å². The van der Waals surface area contributed by atoms with Gasteiger partial charge >= 0.3 is 0 Å². The van der Waals surface area contributed by atoms with Crippen LogP contribution in [0, 0.1) is 0 Å². The summed E-state index contributed by atoms with van der Waals surface area (Å²) in [7, 11) is 0. The van der Waals surface area contributed by atoms with Crippen LogP contribution in [-0.2, 0) is 14.3 Å². The highest BCUT2D eigenvalue weighted by molar-refractivity contribution is 9.11. The Balaban J connectivity index is 2.37. The van der Waals surface area contributed by atoms with E-state index >= 15 is 0 Å². The van der Waals surface area contributed by atoms with Crippen molar-refractivity contribution in [1.82, 2.24) is 5.32 Å². The summed E-state index contributed by atoms with van der Waals surface area (Å²) < 4.78 is 11.8. The van der Waals surface area contributed by atoms with Crippen LogP contribution in [0.2, 0.25) is 0 Å². The first-order chi connectivity index (χ1) is 7.32. The number of ether oxygens (including phenoxy) is 2. The van der Waals surface area contributed by atoms with Crippen LogP contribution in [0.25, 0.3) is 0 Å². The molecule has 1 atom stereocenters. The molecule has 1 unspecified atom stereocenters. The van der Waals surface area contributed by atoms with Gasteiger partial charge in [-0.2, -0.15) is 0 Å². The van der Waals surface area contributed by atoms with Gasteiger partial charge in [0.15, 0.2) is 5.79 Å². The highest BCUT2D eigenvalue weighted by Gasteiger charge is 2.32. The Bertz CT molecular complexity index is 308. The number of halogens is 1. The smallest absolute Gasteiger partial charge is 0.247 e. The van der Waals surface area contributed by atoms with Gasteiger partial charge in [-0.1, -0.05) is 15.9 Å². The number of nitrogens with one attached hydrogen (secondary N) is 1. The summed E-state index contributed by atoms with van der Waals surface area (Å²) in [5, 5.41) is 2.81. The predicted octanol–water partition coefficient (Wildman–Crippen LogP) is 1.94. The van der Waals surface area contributed by atoms with Crippen LogP contribution < -0.4 is 5.32 Å². The number of rotatable bonds is 3. The Morgan fingerprint density at radius 2 is 2.12 bits per heavy atom. The van der Waals surface area contributed by atoms with E-state index in [1.165, 1.54) is 0 Å². The molecule has 0 saturated carbocycles. The SMILES string of the molecule is C/C(Br)=C(\C)C(=O)NCC1COC(C)(C)O1. The quantitative estimate of drug-likeness (QED) is 0.809. The molecule has 0 bridgehead atoms. The molecule has 0 radical (unpaired) electrons. The third kappa shape index (κ3) is 3.88. The Morgan fingerprint density at radius 1 is 1.50 bits per heavy atom. The molecule has 0 aromatic carbocycles. The number of carbonyl (C=O) groups excluding carboxylic acids is 1. The summed E-state index contributed by atoms with van der Waals surface area (Å²) >= 11 is 3.27. The largest absolute Gasteiger partial charge is 0.350 e. The highest BCUT2D eigenvalue weighted by atomic mass is 79.9. The van der Waals surface area contributed by atoms with E-state index in [1.807, 2.05) is 20.8 Å². The molecule has 92 valence electrons. The first-order valence-electron chi connectivity index (χ1n) is 5.25. The van der Waals surface area contributed by atoms with Crippen molar-refractivity contribution in [2.75, 3.05) is 13.2 Å². The van der Waals surface area contributed by atoms with Crippen LogP contribution >= 0.6 is 15.9 Å². The fourth-order valence-corrected chi connectivity index (χ4v) is 1.54. The van der Waals surface area contributed by atoms with Crippen molar-refractivity contribution < 1.29 is 14.3 Å². The first kappa shape index (κ1) is 13.7. The molecule has 1 N–H and O–H groups in total. The maximum atomic E-state index is 11.6. The minimum Gasteiger partial charge on any atom is -0.350 e. The van der Waals surface area contributed by atoms with Crippen LogP contribution in [0.5, 0.6) is 0 Å². The van der Waals surface area contributed by atoms with Crippen LogP contribution in [-0.4, -0.2) is 30.9 Å². The summed E-state index contributed by atoms with van der Waals surface area (Å²) in [6.07, 6.45) is -0.0672. The van der Waals surface area contributed by atoms with Gasteiger partial charge in [-0.25, -0.2) is 0 Å². The fourth-order valence-electron chi connectivity index (χ4n) is 1.36. The van der Waals surface area contributed by atoms with E-state index in [0.29, 0.717) is 18.7 Å². The fraction of sp³-hybridized carbons (Fsp3) is 0.727. The average molecular weight is 292 g/mol. The number of hydrogen-bond acceptors (Lipinski definition) is 3. The highest BCUT2D eigenvalue weighted by Crippen LogP contribution is 2.21. The van der Waals surface area contributed by atoms with E-state index in [2.05, 4.69) is 21.2 Å². The number of carbonyl (C=O) groups is 1. The van der Waals surface area contributed by atoms with Crippen LogP contribution in [0.4, 0.5) is 0 Å². The molecule has 1 heterocycles. The zero-order valence-electron chi connectivity index (χ0n) is 10.1. The molecule has 0 spiro atoms. The minimum absolute atomic E-state index is 0.0672. The Kier molecular flexibility index (Phi) is 4.52. The monoisotopic (exact) mass is 291 g/mol. The maximum absolute atomic E-state index is 11.6. The lowest BCUT2D eigenvalue weighted by Gasteiger charge is -2.17. The molecule has 1 aliphatic heterocycles. The normalized spacial score (nSPS) is 25.2. The Morgan fingerprint density at radius 3 is 2.56 bits per heavy atom. The molecule has 16 heavy (non-hydrogen) atoms. The van der Waals surface area contributed by atoms with Gasteiger partial charge in [0.05, 0.1) is 6.61 Å². The molecular weight excluding hydrogens is 274 g/mol. The summed E-state index contributed by atoms with van der Waals surface area (Å²) in [6.45, 7) is 8.33. The van der Waals surface area contributed by atoms with E-state index in [4.69, 9.17) is 9.47 Å². The van der Waals surface area contributed by atoms with Gasteiger partial charge in [-0.15, -0.1) is 0 Å². The molecular formula is C11H18BrNO3. The zero-order valence-corrected chi connectivity index (χ0v) is 11.7. The van der Waals surface area contributed by atoms with Gasteiger partial charge in [0.2, 0.25) is 5.91 Å². The van der Waals surface area contributed by atoms with Crippen molar-refractivity contribution in [1.29, 1.82) is 0 Å². The van der Waals surface area contributed by atoms with Gasteiger partial charge in [0, 0.05) is 16.6 Å². The molecule has 4 nitrogen and oxygen atoms in total. The summed E-state index contributed by atoms with van der Waals surface area (Å²) in [5.41, 5.74) is 0.679. The standard InChI is InChI=1S/C11H18BrNO3/c1-7(8(2)12)10(14)13-5-9-6-15-11(3,4)16-9/h9H,5-6H2,1-4H3,(H,13,14)/b8-7-. The molecule has 0 aromatic rings. The van der Waals surface area contributed by atoms with Gasteiger partial charge in [-0.05, 0) is 27.7 Å². The van der Waals surface area contributed by atoms with Crippen molar-refractivity contribution >= 4 is 21.8 Å². The van der Waals surface area contributed by atoms with Crippen molar-refractivity contribution in [3.63, 3.8) is 0 Å². The van der Waals surface area contributed by atoms with Gasteiger partial charge in [-0.3, -0.25) is 4.79 Å². The molecule has 5 heteroatoms. The second kappa shape index (κ2) is 5.29. The zero-order chi connectivity index (χ0) is 12.3. The number of amides is 1. The first-order valence-corrected chi connectivity index (χ1v) is 6.04. The molecule has 0 aliphatic carbocycles. The molecule has 1 rings (SSSR count). The lowest BCUT2D eigenvalue weighted by Crippen LogP contribution is -2.34. The third-order valence-electron chi connectivity index (χ3n) is 2.41. The summed E-state index contributed by atoms with van der Waals surface area (Å²) in [6, 6.07) is 0. The second-order valence-electron chi connectivity index (χ2n) is 4.32. The van der Waals surface area contributed by atoms with Crippen molar-refractivity contribution in [2.24, 2.45) is 0 Å². The van der Waals surface area contributed by atoms with Gasteiger partial charge in [0.25, 0.3) is 0 Å². The maximum Gasteiger partial charge on any atom is 0.247 e. The van der Waals surface area contributed by atoms with E-state index in [1.54, 1.807) is 6.92 Å². The van der Waals surface area contributed by atoms with Crippen molar-refractivity contribution in [2.45, 2.75) is 39.6 Å². The minimum atomic E-state index is -0.536. The lowest BCUT2D eigenvalue weighted by molar-refractivity contribution is -0.139. The predicted molar refractivity (Wildman–Crippen MR) is 65.2 cm³/mol. The van der Waals surface area contributed by atoms with Crippen molar-refractivity contribution in [3.05, 3.63) is 10.1 Å². The molecule has 0 aromatic heterocycles. The van der Waals surface area contributed by atoms with E-state index in [-0.39, 0.29) is 12.0 Å². The summed E-state index contributed by atoms with van der Waals surface area (Å²) in [4.78, 5) is 11.6. The van der Waals surface area contributed by atoms with E-state index in [9.17, 15) is 4.79 Å². The summed E-state index contributed by atoms with van der Waals surface area (Å²) in [5.74, 6) is -0.617. The van der Waals surface area contributed by atoms with Gasteiger partial charge in [0.1, 0.15) is 6.10 Å². The van der Waals surface area contributed by atoms with Gasteiger partial charge < -0.3 is 14.8 Å². The number of allylic oxidation sites excluding steroid dienone is 1. The van der Waals surface area contributed by atoms with E-state index in [0.717, 1.165) is 4.48 Å². The van der Waals surface area contributed by atoms with Crippen molar-refractivity contribution in [3.8, 4) is 0 Å². The Labute approximate surface area is 104 Å². The van der Waals surface area contributed by atoms with Crippen LogP contribution in [0.1, 0.15) is 27.7 Å². The number of hydrogen-bond donors (Lipinski definition) is 1. The molecule has 1 fully saturated rings. The molecule has 1 amide bonds. The molecule has 1 saturated heterocycles. The van der Waals surface area contributed by atoms with Crippen LogP contribution in [0.15, 0.2) is 10.1 Å². The van der Waals surface area contributed by atoms with E-state index < -0.39 is 5.79 Å². The topological polar surface area (TPSA) is 47.6 Å². The Hall–Kier alpha value is -0.390. The second-order valence-corrected chi connectivity index (χ2v) is 5.51. The molecule has 1 aliphatic rings.